The summed E-state index contributed by atoms with van der Waals surface area (Å²) in [6.45, 7) is 2.99. The third-order valence-corrected chi connectivity index (χ3v) is 9.32. The number of hydrogen-bond acceptors (Lipinski definition) is 4. The van der Waals surface area contributed by atoms with Gasteiger partial charge >= 0.3 is 0 Å². The second-order valence-corrected chi connectivity index (χ2v) is 13.6. The average molecular weight is 701 g/mol. The van der Waals surface area contributed by atoms with E-state index >= 15 is 0 Å². The number of carbonyl (C=O) groups excluding carboxylic acids is 2. The van der Waals surface area contributed by atoms with Crippen molar-refractivity contribution in [3.05, 3.63) is 130 Å². The van der Waals surface area contributed by atoms with E-state index in [1.807, 2.05) is 68.4 Å². The van der Waals surface area contributed by atoms with E-state index in [0.29, 0.717) is 0 Å². The zero-order chi connectivity index (χ0) is 31.9. The van der Waals surface area contributed by atoms with E-state index in [2.05, 4.69) is 21.2 Å². The van der Waals surface area contributed by atoms with Gasteiger partial charge in [0.25, 0.3) is 10.0 Å². The number of nitrogens with zero attached hydrogens (tertiary/aromatic N) is 2. The molecule has 0 aliphatic heterocycles. The van der Waals surface area contributed by atoms with E-state index in [4.69, 9.17) is 11.6 Å². The van der Waals surface area contributed by atoms with Gasteiger partial charge in [-0.3, -0.25) is 13.9 Å². The molecule has 0 aromatic heterocycles. The van der Waals surface area contributed by atoms with Crippen molar-refractivity contribution in [1.29, 1.82) is 0 Å². The summed E-state index contributed by atoms with van der Waals surface area (Å²) in [4.78, 5) is 29.4. The predicted octanol–water partition coefficient (Wildman–Crippen LogP) is 6.60. The fourth-order valence-electron chi connectivity index (χ4n) is 4.66. The van der Waals surface area contributed by atoms with Crippen molar-refractivity contribution in [3.8, 4) is 0 Å². The lowest BCUT2D eigenvalue weighted by molar-refractivity contribution is -0.140. The Morgan fingerprint density at radius 3 is 2.14 bits per heavy atom. The maximum Gasteiger partial charge on any atom is 0.264 e. The normalized spacial score (nSPS) is 12.0. The number of anilines is 1. The Hall–Kier alpha value is -3.73. The Morgan fingerprint density at radius 1 is 0.886 bits per heavy atom. The van der Waals surface area contributed by atoms with Crippen molar-refractivity contribution >= 4 is 55.1 Å². The molecule has 0 saturated carbocycles. The third kappa shape index (κ3) is 8.46. The molecule has 44 heavy (non-hydrogen) atoms. The number of carbonyl (C=O) groups is 2. The first kappa shape index (κ1) is 33.2. The van der Waals surface area contributed by atoms with Crippen molar-refractivity contribution < 1.29 is 22.4 Å². The predicted molar refractivity (Wildman–Crippen MR) is 174 cm³/mol. The first-order valence-electron chi connectivity index (χ1n) is 13.9. The molecule has 11 heteroatoms. The summed E-state index contributed by atoms with van der Waals surface area (Å²) in [6, 6.07) is 26.5. The van der Waals surface area contributed by atoms with E-state index in [1.54, 1.807) is 18.2 Å². The standard InChI is InChI=1S/C33H32BrClFN3O4S/c1-23(2)37-33(41)31(19-24-10-5-3-6-11-24)38(21-25-12-9-13-26(34)18-25)32(40)22-39(27-16-17-30(36)29(35)20-27)44(42,43)28-14-7-4-8-15-28/h3-18,20,23,31H,19,21-22H2,1-2H3,(H,37,41)/t31-/m0/s1. The number of rotatable bonds is 12. The van der Waals surface area contributed by atoms with Gasteiger partial charge in [0.1, 0.15) is 18.4 Å². The molecule has 0 heterocycles. The molecular weight excluding hydrogens is 669 g/mol. The number of amides is 2. The third-order valence-electron chi connectivity index (χ3n) is 6.75. The lowest BCUT2D eigenvalue weighted by atomic mass is 10.0. The maximum atomic E-state index is 14.4. The second kappa shape index (κ2) is 14.8. The van der Waals surface area contributed by atoms with Crippen molar-refractivity contribution in [2.45, 2.75) is 43.8 Å². The van der Waals surface area contributed by atoms with Crippen LogP contribution in [0.2, 0.25) is 5.02 Å². The first-order chi connectivity index (χ1) is 21.0. The topological polar surface area (TPSA) is 86.8 Å². The highest BCUT2D eigenvalue weighted by Crippen LogP contribution is 2.28. The van der Waals surface area contributed by atoms with Crippen LogP contribution in [0.5, 0.6) is 0 Å². The zero-order valence-corrected chi connectivity index (χ0v) is 27.3. The van der Waals surface area contributed by atoms with Crippen LogP contribution in [0.25, 0.3) is 0 Å². The fraction of sp³-hybridized carbons (Fsp3) is 0.212. The number of hydrogen-bond donors (Lipinski definition) is 1. The van der Waals surface area contributed by atoms with Crippen LogP contribution >= 0.6 is 27.5 Å². The van der Waals surface area contributed by atoms with Crippen LogP contribution < -0.4 is 9.62 Å². The smallest absolute Gasteiger partial charge is 0.264 e. The molecule has 0 radical (unpaired) electrons. The molecule has 0 aliphatic carbocycles. The van der Waals surface area contributed by atoms with Crippen LogP contribution in [0.4, 0.5) is 10.1 Å². The Kier molecular flexibility index (Phi) is 11.2. The second-order valence-electron chi connectivity index (χ2n) is 10.4. The first-order valence-corrected chi connectivity index (χ1v) is 16.5. The maximum absolute atomic E-state index is 14.4. The van der Waals surface area contributed by atoms with Crippen molar-refractivity contribution in [2.24, 2.45) is 0 Å². The molecule has 0 spiro atoms. The molecule has 4 rings (SSSR count). The summed E-state index contributed by atoms with van der Waals surface area (Å²) in [7, 11) is -4.32. The Morgan fingerprint density at radius 2 is 1.52 bits per heavy atom. The Bertz CT molecular complexity index is 1710. The van der Waals surface area contributed by atoms with Gasteiger partial charge in [-0.1, -0.05) is 88.2 Å². The largest absolute Gasteiger partial charge is 0.352 e. The molecule has 2 amide bonds. The molecule has 4 aromatic rings. The van der Waals surface area contributed by atoms with Gasteiger partial charge in [0.2, 0.25) is 11.8 Å². The van der Waals surface area contributed by atoms with Gasteiger partial charge in [0.15, 0.2) is 0 Å². The minimum atomic E-state index is -4.32. The molecule has 0 bridgehead atoms. The minimum Gasteiger partial charge on any atom is -0.352 e. The molecule has 0 fully saturated rings. The highest BCUT2D eigenvalue weighted by molar-refractivity contribution is 9.10. The van der Waals surface area contributed by atoms with E-state index < -0.39 is 34.3 Å². The summed E-state index contributed by atoms with van der Waals surface area (Å²) < 4.78 is 43.7. The number of halogens is 3. The average Bonchev–Trinajstić information content (AvgIpc) is 2.99. The summed E-state index contributed by atoms with van der Waals surface area (Å²) >= 11 is 9.52. The van der Waals surface area contributed by atoms with Crippen LogP contribution in [-0.4, -0.2) is 43.8 Å². The molecule has 0 unspecified atom stereocenters. The summed E-state index contributed by atoms with van der Waals surface area (Å²) in [5, 5.41) is 2.62. The SMILES string of the molecule is CC(C)NC(=O)[C@H](Cc1ccccc1)N(Cc1cccc(Br)c1)C(=O)CN(c1ccc(F)c(Cl)c1)S(=O)(=O)c1ccccc1. The number of sulfonamides is 1. The van der Waals surface area contributed by atoms with Gasteiger partial charge < -0.3 is 10.2 Å². The minimum absolute atomic E-state index is 0.00208. The summed E-state index contributed by atoms with van der Waals surface area (Å²) in [6.07, 6.45) is 0.187. The molecular formula is C33H32BrClFN3O4S. The molecule has 0 aliphatic rings. The van der Waals surface area contributed by atoms with Gasteiger partial charge in [-0.15, -0.1) is 0 Å². The fourth-order valence-corrected chi connectivity index (χ4v) is 6.70. The number of nitrogens with one attached hydrogen (secondary N) is 1. The van der Waals surface area contributed by atoms with Crippen molar-refractivity contribution in [3.63, 3.8) is 0 Å². The van der Waals surface area contributed by atoms with Gasteiger partial charge in [-0.2, -0.15) is 0 Å². The Balaban J connectivity index is 1.82. The van der Waals surface area contributed by atoms with E-state index in [-0.39, 0.29) is 40.5 Å². The van der Waals surface area contributed by atoms with Gasteiger partial charge in [0.05, 0.1) is 15.6 Å². The van der Waals surface area contributed by atoms with E-state index in [0.717, 1.165) is 32.0 Å². The van der Waals surface area contributed by atoms with Crippen molar-refractivity contribution in [1.82, 2.24) is 10.2 Å². The van der Waals surface area contributed by atoms with Crippen LogP contribution in [0.1, 0.15) is 25.0 Å². The molecule has 1 atom stereocenters. The van der Waals surface area contributed by atoms with Crippen LogP contribution in [-0.2, 0) is 32.6 Å². The monoisotopic (exact) mass is 699 g/mol. The Labute approximate surface area is 270 Å². The van der Waals surface area contributed by atoms with Crippen LogP contribution in [0.3, 0.4) is 0 Å². The highest BCUT2D eigenvalue weighted by atomic mass is 79.9. The molecule has 0 saturated heterocycles. The summed E-state index contributed by atoms with van der Waals surface area (Å²) in [5.74, 6) is -1.75. The van der Waals surface area contributed by atoms with Gasteiger partial charge in [-0.25, -0.2) is 12.8 Å². The number of benzene rings is 4. The zero-order valence-electron chi connectivity index (χ0n) is 24.2. The highest BCUT2D eigenvalue weighted by Gasteiger charge is 2.35. The quantitative estimate of drug-likeness (QED) is 0.181. The van der Waals surface area contributed by atoms with Crippen molar-refractivity contribution in [2.75, 3.05) is 10.8 Å². The van der Waals surface area contributed by atoms with Gasteiger partial charge in [0, 0.05) is 23.5 Å². The van der Waals surface area contributed by atoms with Gasteiger partial charge in [-0.05, 0) is 67.4 Å². The van der Waals surface area contributed by atoms with Crippen LogP contribution in [0, 0.1) is 5.82 Å². The molecule has 1 N–H and O–H groups in total. The lowest BCUT2D eigenvalue weighted by Crippen LogP contribution is -2.54. The van der Waals surface area contributed by atoms with Crippen LogP contribution in [0.15, 0.2) is 112 Å². The summed E-state index contributed by atoms with van der Waals surface area (Å²) in [5.41, 5.74) is 1.55. The van der Waals surface area contributed by atoms with E-state index in [1.165, 1.54) is 23.1 Å². The lowest BCUT2D eigenvalue weighted by Gasteiger charge is -2.34. The molecule has 4 aromatic carbocycles. The van der Waals surface area contributed by atoms with E-state index in [9.17, 15) is 22.4 Å². The molecule has 230 valence electrons. The molecule has 7 nitrogen and oxygen atoms in total.